The fraction of sp³-hybridized carbons (Fsp3) is 0.316. The van der Waals surface area contributed by atoms with Crippen LogP contribution in [0.4, 0.5) is 13.2 Å². The first-order valence-corrected chi connectivity index (χ1v) is 10.9. The van der Waals surface area contributed by atoms with Gasteiger partial charge in [0.25, 0.3) is 0 Å². The number of fused-ring (bicyclic) bond motifs is 1. The molecule has 0 saturated carbocycles. The zero-order valence-corrected chi connectivity index (χ0v) is 18.0. The SMILES string of the molecule is CCO/N=C(\N)c1cc(C)c(S(C)(=O)=O)c(-c2nc3cc(C(F)(F)F)ccc3n2C)n1. The first kappa shape index (κ1) is 22.5. The molecular weight excluding hydrogens is 435 g/mol. The van der Waals surface area contributed by atoms with Gasteiger partial charge in [-0.25, -0.2) is 18.4 Å². The molecule has 166 valence electrons. The van der Waals surface area contributed by atoms with Gasteiger partial charge in [0.15, 0.2) is 21.5 Å². The third-order valence-corrected chi connectivity index (χ3v) is 5.76. The third-order valence-electron chi connectivity index (χ3n) is 4.50. The Morgan fingerprint density at radius 1 is 1.26 bits per heavy atom. The summed E-state index contributed by atoms with van der Waals surface area (Å²) in [5.74, 6) is -0.00622. The maximum atomic E-state index is 13.1. The van der Waals surface area contributed by atoms with E-state index < -0.39 is 21.6 Å². The van der Waals surface area contributed by atoms with Gasteiger partial charge in [-0.2, -0.15) is 13.2 Å². The van der Waals surface area contributed by atoms with E-state index in [9.17, 15) is 21.6 Å². The number of oxime groups is 1. The van der Waals surface area contributed by atoms with Crippen molar-refractivity contribution < 1.29 is 26.4 Å². The number of imidazole rings is 1. The molecule has 31 heavy (non-hydrogen) atoms. The van der Waals surface area contributed by atoms with E-state index in [-0.39, 0.29) is 40.1 Å². The standard InChI is InChI=1S/C19H20F3N5O3S/c1-5-30-26-17(23)13-8-10(2)16(31(4,28)29)15(24-13)18-25-12-9-11(19(20,21)22)6-7-14(12)27(18)3/h6-9H,5H2,1-4H3,(H2,23,26). The summed E-state index contributed by atoms with van der Waals surface area (Å²) < 4.78 is 65.8. The van der Waals surface area contributed by atoms with E-state index >= 15 is 0 Å². The minimum Gasteiger partial charge on any atom is -0.394 e. The Hall–Kier alpha value is -3.15. The summed E-state index contributed by atoms with van der Waals surface area (Å²) in [4.78, 5) is 13.4. The van der Waals surface area contributed by atoms with E-state index in [1.54, 1.807) is 20.9 Å². The molecule has 0 aliphatic carbocycles. The summed E-state index contributed by atoms with van der Waals surface area (Å²) in [7, 11) is -2.20. The van der Waals surface area contributed by atoms with Crippen LogP contribution in [0.2, 0.25) is 0 Å². The van der Waals surface area contributed by atoms with Crippen molar-refractivity contribution in [1.82, 2.24) is 14.5 Å². The molecule has 0 saturated heterocycles. The van der Waals surface area contributed by atoms with Gasteiger partial charge >= 0.3 is 6.18 Å². The number of benzene rings is 1. The normalized spacial score (nSPS) is 13.1. The van der Waals surface area contributed by atoms with Gasteiger partial charge in [0, 0.05) is 13.3 Å². The molecule has 2 N–H and O–H groups in total. The van der Waals surface area contributed by atoms with Gasteiger partial charge in [0.2, 0.25) is 0 Å². The molecule has 0 amide bonds. The average Bonchev–Trinajstić information content (AvgIpc) is 2.99. The molecule has 1 aromatic carbocycles. The number of sulfone groups is 1. The van der Waals surface area contributed by atoms with Gasteiger partial charge < -0.3 is 15.1 Å². The van der Waals surface area contributed by atoms with Gasteiger partial charge in [-0.1, -0.05) is 5.16 Å². The zero-order chi connectivity index (χ0) is 23.1. The van der Waals surface area contributed by atoms with Crippen LogP contribution in [-0.2, 0) is 27.9 Å². The molecule has 3 aromatic rings. The highest BCUT2D eigenvalue weighted by Gasteiger charge is 2.31. The summed E-state index contributed by atoms with van der Waals surface area (Å²) in [5.41, 5.74) is 5.90. The Bertz CT molecular complexity index is 1300. The van der Waals surface area contributed by atoms with Crippen LogP contribution >= 0.6 is 0 Å². The van der Waals surface area contributed by atoms with Crippen molar-refractivity contribution in [3.05, 3.63) is 41.1 Å². The van der Waals surface area contributed by atoms with Crippen molar-refractivity contribution in [2.75, 3.05) is 12.9 Å². The summed E-state index contributed by atoms with van der Waals surface area (Å²) in [6.45, 7) is 3.53. The lowest BCUT2D eigenvalue weighted by molar-refractivity contribution is -0.137. The largest absolute Gasteiger partial charge is 0.416 e. The van der Waals surface area contributed by atoms with Crippen molar-refractivity contribution >= 4 is 26.7 Å². The Morgan fingerprint density at radius 2 is 1.94 bits per heavy atom. The molecule has 12 heteroatoms. The molecule has 0 aliphatic rings. The Morgan fingerprint density at radius 3 is 2.52 bits per heavy atom. The van der Waals surface area contributed by atoms with Crippen LogP contribution in [0.15, 0.2) is 34.3 Å². The number of nitrogens with two attached hydrogens (primary N) is 1. The molecule has 0 fully saturated rings. The van der Waals surface area contributed by atoms with Crippen molar-refractivity contribution in [3.63, 3.8) is 0 Å². The highest BCUT2D eigenvalue weighted by Crippen LogP contribution is 2.34. The fourth-order valence-corrected chi connectivity index (χ4v) is 4.31. The third kappa shape index (κ3) is 4.33. The highest BCUT2D eigenvalue weighted by molar-refractivity contribution is 7.90. The summed E-state index contributed by atoms with van der Waals surface area (Å²) in [6.07, 6.45) is -3.52. The van der Waals surface area contributed by atoms with Crippen LogP contribution in [0.25, 0.3) is 22.6 Å². The highest BCUT2D eigenvalue weighted by atomic mass is 32.2. The average molecular weight is 455 g/mol. The second-order valence-corrected chi connectivity index (χ2v) is 8.82. The summed E-state index contributed by atoms with van der Waals surface area (Å²) in [6, 6.07) is 4.56. The predicted molar refractivity (Wildman–Crippen MR) is 109 cm³/mol. The van der Waals surface area contributed by atoms with E-state index in [2.05, 4.69) is 15.1 Å². The minimum atomic E-state index is -4.54. The van der Waals surface area contributed by atoms with Gasteiger partial charge in [0.05, 0.1) is 21.5 Å². The van der Waals surface area contributed by atoms with Crippen LogP contribution in [0.5, 0.6) is 0 Å². The topological polar surface area (TPSA) is 112 Å². The summed E-state index contributed by atoms with van der Waals surface area (Å²) in [5, 5.41) is 3.71. The number of halogens is 3. The lowest BCUT2D eigenvalue weighted by atomic mass is 10.2. The van der Waals surface area contributed by atoms with Crippen molar-refractivity contribution in [1.29, 1.82) is 0 Å². The quantitative estimate of drug-likeness (QED) is 0.360. The number of aromatic nitrogens is 3. The number of pyridine rings is 1. The van der Waals surface area contributed by atoms with Gasteiger partial charge in [-0.05, 0) is 43.7 Å². The number of hydrogen-bond acceptors (Lipinski definition) is 6. The van der Waals surface area contributed by atoms with E-state index in [0.29, 0.717) is 11.1 Å². The molecule has 0 spiro atoms. The lowest BCUT2D eigenvalue weighted by Crippen LogP contribution is -2.18. The Kier molecular flexibility index (Phi) is 5.70. The maximum Gasteiger partial charge on any atom is 0.416 e. The van der Waals surface area contributed by atoms with E-state index in [1.165, 1.54) is 16.7 Å². The first-order chi connectivity index (χ1) is 14.3. The minimum absolute atomic E-state index is 0.0422. The van der Waals surface area contributed by atoms with Crippen LogP contribution in [0, 0.1) is 6.92 Å². The number of hydrogen-bond donors (Lipinski definition) is 1. The fourth-order valence-electron chi connectivity index (χ4n) is 3.18. The number of alkyl halides is 3. The number of nitrogens with zero attached hydrogens (tertiary/aromatic N) is 4. The first-order valence-electron chi connectivity index (χ1n) is 9.06. The van der Waals surface area contributed by atoms with Crippen molar-refractivity contribution in [2.45, 2.75) is 24.9 Å². The van der Waals surface area contributed by atoms with Gasteiger partial charge in [-0.15, -0.1) is 0 Å². The molecule has 0 aliphatic heterocycles. The van der Waals surface area contributed by atoms with Crippen molar-refractivity contribution in [2.24, 2.45) is 17.9 Å². The molecular formula is C19H20F3N5O3S. The van der Waals surface area contributed by atoms with Gasteiger partial charge in [0.1, 0.15) is 18.0 Å². The second-order valence-electron chi connectivity index (χ2n) is 6.86. The van der Waals surface area contributed by atoms with E-state index in [0.717, 1.165) is 18.4 Å². The van der Waals surface area contributed by atoms with Crippen LogP contribution < -0.4 is 5.73 Å². The molecule has 0 radical (unpaired) electrons. The lowest BCUT2D eigenvalue weighted by Gasteiger charge is -2.13. The molecule has 8 nitrogen and oxygen atoms in total. The number of aryl methyl sites for hydroxylation is 2. The van der Waals surface area contributed by atoms with Crippen molar-refractivity contribution in [3.8, 4) is 11.5 Å². The number of amidine groups is 1. The molecule has 0 bridgehead atoms. The van der Waals surface area contributed by atoms with Gasteiger partial charge in [-0.3, -0.25) is 0 Å². The zero-order valence-electron chi connectivity index (χ0n) is 17.1. The van der Waals surface area contributed by atoms with Crippen LogP contribution in [-0.4, -0.2) is 41.7 Å². The predicted octanol–water partition coefficient (Wildman–Crippen LogP) is 3.02. The summed E-state index contributed by atoms with van der Waals surface area (Å²) >= 11 is 0. The maximum absolute atomic E-state index is 13.1. The van der Waals surface area contributed by atoms with Crippen LogP contribution in [0.1, 0.15) is 23.7 Å². The van der Waals surface area contributed by atoms with Crippen LogP contribution in [0.3, 0.4) is 0 Å². The molecule has 0 unspecified atom stereocenters. The smallest absolute Gasteiger partial charge is 0.394 e. The monoisotopic (exact) mass is 455 g/mol. The number of rotatable bonds is 5. The molecule has 0 atom stereocenters. The Labute approximate surface area is 176 Å². The molecule has 3 rings (SSSR count). The Balaban J connectivity index is 2.33. The molecule has 2 heterocycles. The molecule has 2 aromatic heterocycles. The van der Waals surface area contributed by atoms with E-state index in [4.69, 9.17) is 10.6 Å². The van der Waals surface area contributed by atoms with E-state index in [1.807, 2.05) is 0 Å². The second kappa shape index (κ2) is 7.84.